The van der Waals surface area contributed by atoms with Gasteiger partial charge < -0.3 is 0 Å². The van der Waals surface area contributed by atoms with Gasteiger partial charge in [0.15, 0.2) is 0 Å². The zero-order chi connectivity index (χ0) is 16.2. The fourth-order valence-electron chi connectivity index (χ4n) is 1.97. The molecule has 0 aliphatic carbocycles. The van der Waals surface area contributed by atoms with Crippen LogP contribution in [0.1, 0.15) is 19.4 Å². The van der Waals surface area contributed by atoms with Crippen molar-refractivity contribution in [3.63, 3.8) is 0 Å². The minimum atomic E-state index is -3.78. The molecule has 0 aliphatic rings. The van der Waals surface area contributed by atoms with Crippen molar-refractivity contribution >= 4 is 10.0 Å². The fraction of sp³-hybridized carbons (Fsp3) is 0.357. The second-order valence-corrected chi connectivity index (χ2v) is 6.89. The lowest BCUT2D eigenvalue weighted by Crippen LogP contribution is -2.41. The van der Waals surface area contributed by atoms with Gasteiger partial charge in [0.25, 0.3) is 0 Å². The summed E-state index contributed by atoms with van der Waals surface area (Å²) in [5, 5.41) is 16.6. The maximum absolute atomic E-state index is 12.5. The molecule has 0 radical (unpaired) electrons. The molecular formula is C14H17N5O2S. The lowest BCUT2D eigenvalue weighted by molar-refractivity contribution is 0.378. The first-order valence-electron chi connectivity index (χ1n) is 6.79. The first-order valence-corrected chi connectivity index (χ1v) is 8.28. The Bertz CT molecular complexity index is 763. The summed E-state index contributed by atoms with van der Waals surface area (Å²) in [5.74, 6) is 0.0493. The molecule has 1 atom stereocenters. The molecule has 0 spiro atoms. The largest absolute Gasteiger partial charge is 0.251 e. The van der Waals surface area contributed by atoms with Crippen molar-refractivity contribution in [3.05, 3.63) is 42.2 Å². The Hall–Kier alpha value is -2.24. The van der Waals surface area contributed by atoms with Gasteiger partial charge in [0.05, 0.1) is 23.2 Å². The molecule has 2 aromatic rings. The van der Waals surface area contributed by atoms with Gasteiger partial charge in [-0.1, -0.05) is 31.2 Å². The number of nitrogens with zero attached hydrogens (tertiary/aromatic N) is 4. The van der Waals surface area contributed by atoms with E-state index in [2.05, 4.69) is 15.0 Å². The average Bonchev–Trinajstić information content (AvgIpc) is 2.99. The number of aromatic nitrogens is 3. The predicted octanol–water partition coefficient (Wildman–Crippen LogP) is 1.15. The normalized spacial score (nSPS) is 13.0. The summed E-state index contributed by atoms with van der Waals surface area (Å²) < 4.78 is 29.3. The molecule has 22 heavy (non-hydrogen) atoms. The van der Waals surface area contributed by atoms with Crippen LogP contribution in [0.25, 0.3) is 0 Å². The quantitative estimate of drug-likeness (QED) is 0.861. The molecule has 0 fully saturated rings. The SMILES string of the molecule is CC(C)[C@H](Cn1ccnn1)NS(=O)(=O)c1ccccc1C#N. The standard InChI is InChI=1S/C14H17N5O2S/c1-11(2)13(10-19-8-7-16-18-19)17-22(20,21)14-6-4-3-5-12(14)9-15/h3-8,11,13,17H,10H2,1-2H3/t13-/m0/s1. The lowest BCUT2D eigenvalue weighted by atomic mass is 10.1. The van der Waals surface area contributed by atoms with Crippen LogP contribution in [0, 0.1) is 17.2 Å². The second-order valence-electron chi connectivity index (χ2n) is 5.20. The minimum absolute atomic E-state index is 0.0123. The minimum Gasteiger partial charge on any atom is -0.251 e. The summed E-state index contributed by atoms with van der Waals surface area (Å²) in [6.45, 7) is 4.20. The van der Waals surface area contributed by atoms with Crippen molar-refractivity contribution in [1.82, 2.24) is 19.7 Å². The van der Waals surface area contributed by atoms with Crippen LogP contribution in [-0.4, -0.2) is 29.5 Å². The number of benzene rings is 1. The van der Waals surface area contributed by atoms with Crippen LogP contribution < -0.4 is 4.72 Å². The molecule has 1 aromatic heterocycles. The zero-order valence-electron chi connectivity index (χ0n) is 12.3. The topological polar surface area (TPSA) is 101 Å². The van der Waals surface area contributed by atoms with Crippen LogP contribution in [0.4, 0.5) is 0 Å². The number of sulfonamides is 1. The molecule has 0 saturated heterocycles. The van der Waals surface area contributed by atoms with Crippen molar-refractivity contribution < 1.29 is 8.42 Å². The second kappa shape index (κ2) is 6.68. The lowest BCUT2D eigenvalue weighted by Gasteiger charge is -2.22. The first kappa shape index (κ1) is 16.1. The van der Waals surface area contributed by atoms with E-state index in [-0.39, 0.29) is 22.4 Å². The van der Waals surface area contributed by atoms with E-state index in [9.17, 15) is 8.42 Å². The van der Waals surface area contributed by atoms with Gasteiger partial charge in [0, 0.05) is 12.2 Å². The molecule has 7 nitrogen and oxygen atoms in total. The summed E-state index contributed by atoms with van der Waals surface area (Å²) in [7, 11) is -3.78. The number of hydrogen-bond donors (Lipinski definition) is 1. The number of nitriles is 1. The van der Waals surface area contributed by atoms with Crippen LogP contribution >= 0.6 is 0 Å². The Morgan fingerprint density at radius 1 is 1.36 bits per heavy atom. The Kier molecular flexibility index (Phi) is 4.90. The smallest absolute Gasteiger partial charge is 0.242 e. The van der Waals surface area contributed by atoms with E-state index in [1.54, 1.807) is 23.0 Å². The first-order chi connectivity index (χ1) is 10.4. The van der Waals surface area contributed by atoms with E-state index in [4.69, 9.17) is 5.26 Å². The number of hydrogen-bond acceptors (Lipinski definition) is 5. The van der Waals surface area contributed by atoms with Gasteiger partial charge in [0.1, 0.15) is 6.07 Å². The van der Waals surface area contributed by atoms with E-state index >= 15 is 0 Å². The summed E-state index contributed by atoms with van der Waals surface area (Å²) in [6, 6.07) is 7.67. The van der Waals surface area contributed by atoms with E-state index in [1.165, 1.54) is 18.3 Å². The highest BCUT2D eigenvalue weighted by Gasteiger charge is 2.25. The van der Waals surface area contributed by atoms with Crippen LogP contribution in [-0.2, 0) is 16.6 Å². The van der Waals surface area contributed by atoms with Crippen LogP contribution in [0.2, 0.25) is 0 Å². The molecular weight excluding hydrogens is 302 g/mol. The maximum Gasteiger partial charge on any atom is 0.242 e. The summed E-state index contributed by atoms with van der Waals surface area (Å²) in [5.41, 5.74) is 0.123. The Morgan fingerprint density at radius 2 is 2.09 bits per heavy atom. The molecule has 8 heteroatoms. The van der Waals surface area contributed by atoms with Crippen molar-refractivity contribution in [3.8, 4) is 6.07 Å². The fourth-order valence-corrected chi connectivity index (χ4v) is 3.51. The van der Waals surface area contributed by atoms with Crippen molar-refractivity contribution in [2.45, 2.75) is 31.3 Å². The average molecular weight is 319 g/mol. The van der Waals surface area contributed by atoms with Crippen LogP contribution in [0.15, 0.2) is 41.6 Å². The Labute approximate surface area is 129 Å². The van der Waals surface area contributed by atoms with Gasteiger partial charge >= 0.3 is 0 Å². The molecule has 0 aliphatic heterocycles. The van der Waals surface area contributed by atoms with Gasteiger partial charge in [-0.15, -0.1) is 5.10 Å². The van der Waals surface area contributed by atoms with Gasteiger partial charge in [-0.3, -0.25) is 4.68 Å². The van der Waals surface area contributed by atoms with Gasteiger partial charge in [-0.25, -0.2) is 13.1 Å². The highest BCUT2D eigenvalue weighted by molar-refractivity contribution is 7.89. The molecule has 0 amide bonds. The number of nitrogens with one attached hydrogen (secondary N) is 1. The van der Waals surface area contributed by atoms with Crippen LogP contribution in [0.5, 0.6) is 0 Å². The van der Waals surface area contributed by atoms with Crippen LogP contribution in [0.3, 0.4) is 0 Å². The zero-order valence-corrected chi connectivity index (χ0v) is 13.2. The van der Waals surface area contributed by atoms with Gasteiger partial charge in [-0.05, 0) is 18.1 Å². The molecule has 116 valence electrons. The summed E-state index contributed by atoms with van der Waals surface area (Å²) in [6.07, 6.45) is 3.21. The number of rotatable bonds is 6. The van der Waals surface area contributed by atoms with E-state index < -0.39 is 10.0 Å². The van der Waals surface area contributed by atoms with Crippen molar-refractivity contribution in [1.29, 1.82) is 5.26 Å². The monoisotopic (exact) mass is 319 g/mol. The molecule has 1 heterocycles. The third kappa shape index (κ3) is 3.69. The Balaban J connectivity index is 2.27. The molecule has 2 rings (SSSR count). The molecule has 1 aromatic carbocycles. The van der Waals surface area contributed by atoms with E-state index in [0.717, 1.165) is 0 Å². The summed E-state index contributed by atoms with van der Waals surface area (Å²) in [4.78, 5) is -0.0123. The Morgan fingerprint density at radius 3 is 2.68 bits per heavy atom. The third-order valence-electron chi connectivity index (χ3n) is 3.26. The molecule has 0 unspecified atom stereocenters. The summed E-state index contributed by atoms with van der Waals surface area (Å²) >= 11 is 0. The molecule has 0 bridgehead atoms. The predicted molar refractivity (Wildman–Crippen MR) is 80.1 cm³/mol. The van der Waals surface area contributed by atoms with Gasteiger partial charge in [0.2, 0.25) is 10.0 Å². The van der Waals surface area contributed by atoms with Gasteiger partial charge in [-0.2, -0.15) is 5.26 Å². The molecule has 1 N–H and O–H groups in total. The molecule has 0 saturated carbocycles. The van der Waals surface area contributed by atoms with Crippen molar-refractivity contribution in [2.24, 2.45) is 5.92 Å². The van der Waals surface area contributed by atoms with Crippen molar-refractivity contribution in [2.75, 3.05) is 0 Å². The third-order valence-corrected chi connectivity index (χ3v) is 4.81. The highest BCUT2D eigenvalue weighted by Crippen LogP contribution is 2.16. The highest BCUT2D eigenvalue weighted by atomic mass is 32.2. The maximum atomic E-state index is 12.5. The van der Waals surface area contributed by atoms with E-state index in [1.807, 2.05) is 19.9 Å². The van der Waals surface area contributed by atoms with E-state index in [0.29, 0.717) is 6.54 Å².